The normalized spacial score (nSPS) is 28.2. The van der Waals surface area contributed by atoms with Gasteiger partial charge in [-0.25, -0.2) is 0 Å². The van der Waals surface area contributed by atoms with Gasteiger partial charge < -0.3 is 10.2 Å². The summed E-state index contributed by atoms with van der Waals surface area (Å²) in [4.78, 5) is 36.6. The van der Waals surface area contributed by atoms with Gasteiger partial charge in [-0.2, -0.15) is 0 Å². The summed E-state index contributed by atoms with van der Waals surface area (Å²) in [5.74, 6) is -1.69. The molecule has 1 saturated heterocycles. The average molecular weight is 417 g/mol. The molecule has 0 amide bonds. The Balaban J connectivity index is 1.65. The third kappa shape index (κ3) is 5.46. The van der Waals surface area contributed by atoms with Crippen LogP contribution in [0.25, 0.3) is 0 Å². The summed E-state index contributed by atoms with van der Waals surface area (Å²) in [6.45, 7) is 1.69. The number of aliphatic carboxylic acids is 2. The second kappa shape index (κ2) is 10.2. The highest BCUT2D eigenvalue weighted by molar-refractivity contribution is 5.90. The number of carbonyl (C=O) groups excluding carboxylic acids is 1. The van der Waals surface area contributed by atoms with E-state index in [1.165, 1.54) is 0 Å². The maximum Gasteiger partial charge on any atom is 0.320 e. The highest BCUT2D eigenvalue weighted by atomic mass is 16.4. The fraction of sp³-hybridized carbons (Fsp3) is 0.609. The van der Waals surface area contributed by atoms with E-state index >= 15 is 0 Å². The van der Waals surface area contributed by atoms with Gasteiger partial charge in [-0.1, -0.05) is 49.6 Å². The minimum atomic E-state index is -0.985. The van der Waals surface area contributed by atoms with Gasteiger partial charge in [-0.05, 0) is 50.0 Å². The fourth-order valence-electron chi connectivity index (χ4n) is 5.03. The summed E-state index contributed by atoms with van der Waals surface area (Å²) < 4.78 is 0. The van der Waals surface area contributed by atoms with Crippen molar-refractivity contribution in [3.8, 4) is 0 Å². The van der Waals surface area contributed by atoms with Crippen LogP contribution in [0.15, 0.2) is 30.3 Å². The topological polar surface area (TPSA) is 116 Å². The number of Topliss-reactive ketones (excluding diaryl/α,β-unsaturated/α-hetero) is 1. The first-order chi connectivity index (χ1) is 14.4. The van der Waals surface area contributed by atoms with E-state index in [0.29, 0.717) is 19.3 Å². The van der Waals surface area contributed by atoms with E-state index in [0.717, 1.165) is 31.2 Å². The van der Waals surface area contributed by atoms with Crippen LogP contribution in [0.1, 0.15) is 51.0 Å². The zero-order valence-corrected chi connectivity index (χ0v) is 17.4. The number of rotatable bonds is 9. The van der Waals surface area contributed by atoms with Crippen molar-refractivity contribution in [1.29, 1.82) is 0 Å². The molecule has 164 valence electrons. The first-order valence-electron chi connectivity index (χ1n) is 10.9. The highest BCUT2D eigenvalue weighted by Gasteiger charge is 2.45. The van der Waals surface area contributed by atoms with E-state index in [-0.39, 0.29) is 17.6 Å². The Morgan fingerprint density at radius 2 is 1.83 bits per heavy atom. The third-order valence-electron chi connectivity index (χ3n) is 6.66. The van der Waals surface area contributed by atoms with Crippen molar-refractivity contribution in [3.63, 3.8) is 0 Å². The molecule has 4 N–H and O–H groups in total. The summed E-state index contributed by atoms with van der Waals surface area (Å²) in [6.07, 6.45) is 5.50. The first-order valence-corrected chi connectivity index (χ1v) is 10.9. The summed E-state index contributed by atoms with van der Waals surface area (Å²) in [5, 5.41) is 25.2. The Bertz CT molecular complexity index is 753. The molecule has 0 bridgehead atoms. The number of benzene rings is 1. The quantitative estimate of drug-likeness (QED) is 0.488. The van der Waals surface area contributed by atoms with Crippen molar-refractivity contribution >= 4 is 17.7 Å². The van der Waals surface area contributed by atoms with Gasteiger partial charge in [0.15, 0.2) is 5.78 Å². The number of aryl methyl sites for hydroxylation is 1. The van der Waals surface area contributed by atoms with Crippen molar-refractivity contribution in [2.24, 2.45) is 11.8 Å². The Kier molecular flexibility index (Phi) is 7.61. The van der Waals surface area contributed by atoms with Crippen LogP contribution in [-0.4, -0.2) is 52.1 Å². The number of hydrogen-bond acceptors (Lipinski definition) is 5. The smallest absolute Gasteiger partial charge is 0.320 e. The maximum atomic E-state index is 13.2. The van der Waals surface area contributed by atoms with E-state index in [2.05, 4.69) is 10.6 Å². The van der Waals surface area contributed by atoms with Gasteiger partial charge in [0.05, 0.1) is 12.1 Å². The van der Waals surface area contributed by atoms with Gasteiger partial charge in [-0.15, -0.1) is 0 Å². The van der Waals surface area contributed by atoms with Crippen LogP contribution in [0.5, 0.6) is 0 Å². The predicted molar refractivity (Wildman–Crippen MR) is 112 cm³/mol. The molecular formula is C23H32N2O5. The molecule has 1 aliphatic heterocycles. The minimum absolute atomic E-state index is 0.124. The predicted octanol–water partition coefficient (Wildman–Crippen LogP) is 2.24. The SMILES string of the molecule is C[C@H](NC(CCc1ccccc1)C(=O)O)C(=O)C1NC(C(=O)O)CC2CCCCC21. The largest absolute Gasteiger partial charge is 0.480 e. The van der Waals surface area contributed by atoms with Crippen LogP contribution in [0.3, 0.4) is 0 Å². The molecule has 7 nitrogen and oxygen atoms in total. The molecule has 3 rings (SSSR count). The van der Waals surface area contributed by atoms with Gasteiger partial charge in [0.1, 0.15) is 12.1 Å². The number of ketones is 1. The van der Waals surface area contributed by atoms with E-state index in [9.17, 15) is 24.6 Å². The Morgan fingerprint density at radius 1 is 1.13 bits per heavy atom. The molecule has 7 heteroatoms. The van der Waals surface area contributed by atoms with Crippen molar-refractivity contribution in [1.82, 2.24) is 10.6 Å². The lowest BCUT2D eigenvalue weighted by molar-refractivity contribution is -0.143. The van der Waals surface area contributed by atoms with Gasteiger partial charge in [0, 0.05) is 0 Å². The molecule has 2 aliphatic rings. The van der Waals surface area contributed by atoms with Crippen molar-refractivity contribution in [2.75, 3.05) is 0 Å². The molecule has 5 unspecified atom stereocenters. The molecule has 1 saturated carbocycles. The number of fused-ring (bicyclic) bond motifs is 1. The highest BCUT2D eigenvalue weighted by Crippen LogP contribution is 2.39. The summed E-state index contributed by atoms with van der Waals surface area (Å²) >= 11 is 0. The molecular weight excluding hydrogens is 384 g/mol. The van der Waals surface area contributed by atoms with Crippen LogP contribution >= 0.6 is 0 Å². The number of nitrogens with one attached hydrogen (secondary N) is 2. The second-order valence-electron chi connectivity index (χ2n) is 8.69. The molecule has 0 spiro atoms. The van der Waals surface area contributed by atoms with E-state index < -0.39 is 36.1 Å². The third-order valence-corrected chi connectivity index (χ3v) is 6.66. The molecule has 1 aromatic rings. The van der Waals surface area contributed by atoms with Crippen molar-refractivity contribution < 1.29 is 24.6 Å². The van der Waals surface area contributed by atoms with Gasteiger partial charge in [-0.3, -0.25) is 25.0 Å². The first kappa shape index (κ1) is 22.4. The second-order valence-corrected chi connectivity index (χ2v) is 8.69. The standard InChI is InChI=1S/C23H32N2O5/c1-14(24-18(22(27)28)12-11-15-7-3-2-4-8-15)21(26)20-17-10-6-5-9-16(17)13-19(25-20)23(29)30/h2-4,7-8,14,16-20,24-25H,5-6,9-13H2,1H3,(H,27,28)(H,29,30)/t14-,16?,17?,18?,19?,20?/m0/s1. The summed E-state index contributed by atoms with van der Waals surface area (Å²) in [6, 6.07) is 6.87. The Morgan fingerprint density at radius 3 is 2.50 bits per heavy atom. The number of carboxylic acids is 2. The fourth-order valence-corrected chi connectivity index (χ4v) is 5.03. The van der Waals surface area contributed by atoms with E-state index in [4.69, 9.17) is 0 Å². The zero-order chi connectivity index (χ0) is 21.7. The number of hydrogen-bond donors (Lipinski definition) is 4. The van der Waals surface area contributed by atoms with Crippen LogP contribution in [0, 0.1) is 11.8 Å². The van der Waals surface area contributed by atoms with E-state index in [1.807, 2.05) is 30.3 Å². The van der Waals surface area contributed by atoms with Crippen LogP contribution in [0.2, 0.25) is 0 Å². The Hall–Kier alpha value is -2.25. The van der Waals surface area contributed by atoms with E-state index in [1.54, 1.807) is 6.92 Å². The number of piperidine rings is 1. The lowest BCUT2D eigenvalue weighted by Crippen LogP contribution is -2.62. The average Bonchev–Trinajstić information content (AvgIpc) is 2.75. The zero-order valence-electron chi connectivity index (χ0n) is 17.4. The van der Waals surface area contributed by atoms with Crippen molar-refractivity contribution in [2.45, 2.75) is 76.0 Å². The molecule has 6 atom stereocenters. The van der Waals surface area contributed by atoms with Crippen molar-refractivity contribution in [3.05, 3.63) is 35.9 Å². The molecule has 1 aliphatic carbocycles. The molecule has 1 aromatic carbocycles. The van der Waals surface area contributed by atoms with Gasteiger partial charge >= 0.3 is 11.9 Å². The van der Waals surface area contributed by atoms with Crippen LogP contribution in [0.4, 0.5) is 0 Å². The number of carboxylic acid groups (broad SMARTS) is 2. The molecule has 30 heavy (non-hydrogen) atoms. The maximum absolute atomic E-state index is 13.2. The minimum Gasteiger partial charge on any atom is -0.480 e. The van der Waals surface area contributed by atoms with Gasteiger partial charge in [0.2, 0.25) is 0 Å². The summed E-state index contributed by atoms with van der Waals surface area (Å²) in [5.41, 5.74) is 1.05. The molecule has 0 aromatic heterocycles. The molecule has 1 heterocycles. The lowest BCUT2D eigenvalue weighted by Gasteiger charge is -2.44. The monoisotopic (exact) mass is 416 g/mol. The Labute approximate surface area is 177 Å². The van der Waals surface area contributed by atoms with Gasteiger partial charge in [0.25, 0.3) is 0 Å². The lowest BCUT2D eigenvalue weighted by atomic mass is 9.68. The number of carbonyl (C=O) groups is 3. The summed E-state index contributed by atoms with van der Waals surface area (Å²) in [7, 11) is 0. The van der Waals surface area contributed by atoms with Crippen LogP contribution < -0.4 is 10.6 Å². The van der Waals surface area contributed by atoms with Crippen LogP contribution in [-0.2, 0) is 20.8 Å². The molecule has 2 fully saturated rings. The molecule has 0 radical (unpaired) electrons.